The maximum atomic E-state index is 5.91. The maximum absolute atomic E-state index is 5.91. The lowest BCUT2D eigenvalue weighted by Gasteiger charge is -2.34. The summed E-state index contributed by atoms with van der Waals surface area (Å²) in [5.74, 6) is 1.40. The average Bonchev–Trinajstić information content (AvgIpc) is 2.41. The van der Waals surface area contributed by atoms with Crippen molar-refractivity contribution in [3.05, 3.63) is 17.5 Å². The van der Waals surface area contributed by atoms with Crippen LogP contribution in [0.2, 0.25) is 5.15 Å². The second kappa shape index (κ2) is 7.06. The molecule has 2 unspecified atom stereocenters. The van der Waals surface area contributed by atoms with Gasteiger partial charge in [0.05, 0.1) is 18.5 Å². The third-order valence-electron chi connectivity index (χ3n) is 3.85. The van der Waals surface area contributed by atoms with Gasteiger partial charge in [0.25, 0.3) is 0 Å². The second-order valence-electron chi connectivity index (χ2n) is 5.08. The van der Waals surface area contributed by atoms with Gasteiger partial charge in [0.2, 0.25) is 0 Å². The van der Waals surface area contributed by atoms with Crippen molar-refractivity contribution in [2.45, 2.75) is 51.7 Å². The summed E-state index contributed by atoms with van der Waals surface area (Å²) in [5, 5.41) is 3.84. The van der Waals surface area contributed by atoms with E-state index in [-0.39, 0.29) is 0 Å². The van der Waals surface area contributed by atoms with E-state index in [9.17, 15) is 0 Å². The number of aromatic nitrogens is 2. The number of rotatable bonds is 5. The van der Waals surface area contributed by atoms with Crippen molar-refractivity contribution in [3.63, 3.8) is 0 Å². The van der Waals surface area contributed by atoms with Crippen LogP contribution >= 0.6 is 11.6 Å². The van der Waals surface area contributed by atoms with Gasteiger partial charge in [-0.3, -0.25) is 4.98 Å². The smallest absolute Gasteiger partial charge is 0.149 e. The summed E-state index contributed by atoms with van der Waals surface area (Å²) in [6.45, 7) is 5.28. The van der Waals surface area contributed by atoms with E-state index in [0.717, 1.165) is 25.3 Å². The fraction of sp³-hybridized carbons (Fsp3) is 0.714. The largest absolute Gasteiger partial charge is 0.378 e. The lowest BCUT2D eigenvalue weighted by molar-refractivity contribution is -0.0271. The quantitative estimate of drug-likeness (QED) is 0.898. The van der Waals surface area contributed by atoms with Gasteiger partial charge < -0.3 is 10.1 Å². The summed E-state index contributed by atoms with van der Waals surface area (Å²) in [4.78, 5) is 8.28. The Hall–Kier alpha value is -0.870. The van der Waals surface area contributed by atoms with E-state index in [1.165, 1.54) is 12.8 Å². The van der Waals surface area contributed by atoms with Crippen LogP contribution in [-0.2, 0) is 4.74 Å². The topological polar surface area (TPSA) is 47.0 Å². The first-order chi connectivity index (χ1) is 9.22. The number of nitrogens with zero attached hydrogens (tertiary/aromatic N) is 2. The van der Waals surface area contributed by atoms with Crippen LogP contribution in [0.3, 0.4) is 0 Å². The number of hydrogen-bond acceptors (Lipinski definition) is 4. The molecule has 106 valence electrons. The molecule has 1 N–H and O–H groups in total. The molecule has 2 heterocycles. The summed E-state index contributed by atoms with van der Waals surface area (Å²) in [7, 11) is 0. The molecule has 1 aliphatic rings. The van der Waals surface area contributed by atoms with Gasteiger partial charge in [0, 0.05) is 12.6 Å². The van der Waals surface area contributed by atoms with Crippen LogP contribution in [-0.4, -0.2) is 28.7 Å². The minimum absolute atomic E-state index is 0.355. The Balaban J connectivity index is 1.94. The predicted octanol–water partition coefficient (Wildman–Crippen LogP) is 3.53. The van der Waals surface area contributed by atoms with Crippen molar-refractivity contribution >= 4 is 17.4 Å². The minimum atomic E-state index is 0.355. The highest BCUT2D eigenvalue weighted by atomic mass is 35.5. The normalized spacial score (nSPS) is 23.6. The summed E-state index contributed by atoms with van der Waals surface area (Å²) in [6.07, 6.45) is 7.99. The number of nitrogens with one attached hydrogen (secondary N) is 1. The molecule has 19 heavy (non-hydrogen) atoms. The number of ether oxygens (including phenoxy) is 1. The summed E-state index contributed by atoms with van der Waals surface area (Å²) in [6, 6.07) is 0.395. The molecular formula is C14H22ClN3O. The lowest BCUT2D eigenvalue weighted by Crippen LogP contribution is -2.38. The van der Waals surface area contributed by atoms with Crippen LogP contribution in [0.25, 0.3) is 0 Å². The molecule has 2 rings (SSSR count). The van der Waals surface area contributed by atoms with Gasteiger partial charge in [0.15, 0.2) is 0 Å². The third-order valence-corrected chi connectivity index (χ3v) is 4.03. The van der Waals surface area contributed by atoms with E-state index in [4.69, 9.17) is 16.3 Å². The van der Waals surface area contributed by atoms with E-state index in [0.29, 0.717) is 23.2 Å². The summed E-state index contributed by atoms with van der Waals surface area (Å²) < 4.78 is 5.91. The first-order valence-corrected chi connectivity index (χ1v) is 7.46. The van der Waals surface area contributed by atoms with Crippen molar-refractivity contribution in [2.24, 2.45) is 5.92 Å². The van der Waals surface area contributed by atoms with Crippen LogP contribution in [0.4, 0.5) is 5.82 Å². The highest BCUT2D eigenvalue weighted by Gasteiger charge is 2.27. The molecule has 0 aromatic carbocycles. The van der Waals surface area contributed by atoms with Gasteiger partial charge in [-0.25, -0.2) is 4.98 Å². The first kappa shape index (κ1) is 14.5. The molecule has 1 aliphatic heterocycles. The Morgan fingerprint density at radius 3 is 2.89 bits per heavy atom. The van der Waals surface area contributed by atoms with Crippen molar-refractivity contribution in [2.75, 3.05) is 11.9 Å². The van der Waals surface area contributed by atoms with E-state index in [1.807, 2.05) is 0 Å². The van der Waals surface area contributed by atoms with Crippen molar-refractivity contribution in [1.29, 1.82) is 0 Å². The zero-order chi connectivity index (χ0) is 13.7. The third kappa shape index (κ3) is 4.05. The first-order valence-electron chi connectivity index (χ1n) is 7.08. The molecule has 1 aromatic heterocycles. The molecule has 0 spiro atoms. The number of halogens is 1. The molecule has 1 saturated heterocycles. The Bertz CT molecular complexity index is 398. The Labute approximate surface area is 119 Å². The van der Waals surface area contributed by atoms with E-state index in [1.54, 1.807) is 12.4 Å². The number of anilines is 1. The van der Waals surface area contributed by atoms with Crippen molar-refractivity contribution < 1.29 is 4.74 Å². The van der Waals surface area contributed by atoms with Crippen LogP contribution < -0.4 is 5.32 Å². The second-order valence-corrected chi connectivity index (χ2v) is 5.47. The fourth-order valence-corrected chi connectivity index (χ4v) is 2.87. The van der Waals surface area contributed by atoms with Gasteiger partial charge >= 0.3 is 0 Å². The zero-order valence-corrected chi connectivity index (χ0v) is 12.4. The molecule has 0 saturated carbocycles. The molecule has 4 nitrogen and oxygen atoms in total. The van der Waals surface area contributed by atoms with E-state index < -0.39 is 0 Å². The Morgan fingerprint density at radius 2 is 2.21 bits per heavy atom. The molecule has 0 radical (unpaired) electrons. The van der Waals surface area contributed by atoms with Gasteiger partial charge in [-0.15, -0.1) is 0 Å². The molecule has 1 fully saturated rings. The van der Waals surface area contributed by atoms with Crippen LogP contribution in [0, 0.1) is 5.92 Å². The minimum Gasteiger partial charge on any atom is -0.378 e. The fourth-order valence-electron chi connectivity index (χ4n) is 2.72. The predicted molar refractivity (Wildman–Crippen MR) is 77.5 cm³/mol. The van der Waals surface area contributed by atoms with Gasteiger partial charge in [0.1, 0.15) is 11.0 Å². The molecule has 5 heteroatoms. The zero-order valence-electron chi connectivity index (χ0n) is 11.6. The maximum Gasteiger partial charge on any atom is 0.149 e. The van der Waals surface area contributed by atoms with E-state index >= 15 is 0 Å². The van der Waals surface area contributed by atoms with E-state index in [2.05, 4.69) is 29.1 Å². The summed E-state index contributed by atoms with van der Waals surface area (Å²) in [5.41, 5.74) is 0. The van der Waals surface area contributed by atoms with Gasteiger partial charge in [-0.1, -0.05) is 38.3 Å². The number of hydrogen-bond donors (Lipinski definition) is 1. The molecular weight excluding hydrogens is 262 g/mol. The van der Waals surface area contributed by atoms with Crippen molar-refractivity contribution in [3.8, 4) is 0 Å². The van der Waals surface area contributed by atoms with Crippen LogP contribution in [0.15, 0.2) is 12.4 Å². The molecule has 2 atom stereocenters. The van der Waals surface area contributed by atoms with Gasteiger partial charge in [-0.2, -0.15) is 0 Å². The highest BCUT2D eigenvalue weighted by Crippen LogP contribution is 2.26. The average molecular weight is 284 g/mol. The Kier molecular flexibility index (Phi) is 5.40. The SMILES string of the molecule is CCC(CC)C1CC(Nc2cncc(Cl)n2)CCO1. The molecule has 1 aromatic rings. The standard InChI is InChI=1S/C14H22ClN3O/c1-3-10(4-2)12-7-11(5-6-19-12)17-14-9-16-8-13(15)18-14/h8-12H,3-7H2,1-2H3,(H,17,18). The Morgan fingerprint density at radius 1 is 1.42 bits per heavy atom. The van der Waals surface area contributed by atoms with Crippen molar-refractivity contribution in [1.82, 2.24) is 9.97 Å². The lowest BCUT2D eigenvalue weighted by atomic mass is 9.89. The molecule has 0 bridgehead atoms. The molecule has 0 amide bonds. The highest BCUT2D eigenvalue weighted by molar-refractivity contribution is 6.29. The summed E-state index contributed by atoms with van der Waals surface area (Å²) >= 11 is 5.85. The van der Waals surface area contributed by atoms with Gasteiger partial charge in [-0.05, 0) is 18.8 Å². The van der Waals surface area contributed by atoms with Crippen LogP contribution in [0.1, 0.15) is 39.5 Å². The monoisotopic (exact) mass is 283 g/mol. The van der Waals surface area contributed by atoms with Crippen LogP contribution in [0.5, 0.6) is 0 Å². The molecule has 0 aliphatic carbocycles.